The summed E-state index contributed by atoms with van der Waals surface area (Å²) in [5, 5.41) is 15.7. The van der Waals surface area contributed by atoms with Crippen molar-refractivity contribution < 1.29 is 13.5 Å². The van der Waals surface area contributed by atoms with E-state index in [1.807, 2.05) is 0 Å². The molecule has 2 atom stereocenters. The van der Waals surface area contributed by atoms with Crippen molar-refractivity contribution in [2.45, 2.75) is 38.7 Å². The van der Waals surface area contributed by atoms with Gasteiger partial charge < -0.3 is 5.11 Å². The van der Waals surface area contributed by atoms with E-state index < -0.39 is 10.0 Å². The number of sulfonamides is 1. The first kappa shape index (κ1) is 14.5. The van der Waals surface area contributed by atoms with Crippen molar-refractivity contribution in [1.82, 2.24) is 14.5 Å². The van der Waals surface area contributed by atoms with Crippen LogP contribution in [0.2, 0.25) is 0 Å². The number of nitrogens with zero attached hydrogens (tertiary/aromatic N) is 2. The third kappa shape index (κ3) is 2.68. The highest BCUT2D eigenvalue weighted by molar-refractivity contribution is 7.89. The highest BCUT2D eigenvalue weighted by Gasteiger charge is 2.35. The van der Waals surface area contributed by atoms with Gasteiger partial charge in [-0.2, -0.15) is 9.40 Å². The Labute approximate surface area is 113 Å². The Kier molecular flexibility index (Phi) is 3.98. The van der Waals surface area contributed by atoms with Crippen molar-refractivity contribution in [3.63, 3.8) is 0 Å². The van der Waals surface area contributed by atoms with Gasteiger partial charge in [0, 0.05) is 13.1 Å². The zero-order valence-corrected chi connectivity index (χ0v) is 12.4. The number of piperidine rings is 1. The Bertz CT molecular complexity index is 543. The molecular weight excluding hydrogens is 266 g/mol. The molecule has 0 amide bonds. The number of hydrogen-bond donors (Lipinski definition) is 2. The Morgan fingerprint density at radius 3 is 2.47 bits per heavy atom. The average molecular weight is 287 g/mol. The molecule has 108 valence electrons. The fourth-order valence-electron chi connectivity index (χ4n) is 2.85. The van der Waals surface area contributed by atoms with Gasteiger partial charge in [-0.1, -0.05) is 13.8 Å². The van der Waals surface area contributed by atoms with Gasteiger partial charge in [0.05, 0.1) is 12.3 Å². The number of aryl methyl sites for hydroxylation is 1. The molecule has 2 heterocycles. The predicted octanol–water partition coefficient (Wildman–Crippen LogP) is 0.877. The monoisotopic (exact) mass is 287 g/mol. The fourth-order valence-corrected chi connectivity index (χ4v) is 4.85. The van der Waals surface area contributed by atoms with Crippen LogP contribution in [0, 0.1) is 18.8 Å². The van der Waals surface area contributed by atoms with Gasteiger partial charge in [0.1, 0.15) is 10.6 Å². The number of hydrogen-bond acceptors (Lipinski definition) is 4. The SMILES string of the molecule is Cc1[nH]nc(CO)c1S(=O)(=O)N1CC(C)CC(C)C1. The summed E-state index contributed by atoms with van der Waals surface area (Å²) in [5.41, 5.74) is 0.679. The Morgan fingerprint density at radius 2 is 1.95 bits per heavy atom. The summed E-state index contributed by atoms with van der Waals surface area (Å²) in [5.74, 6) is 0.701. The van der Waals surface area contributed by atoms with Crippen LogP contribution in [-0.4, -0.2) is 41.1 Å². The first-order valence-electron chi connectivity index (χ1n) is 6.51. The summed E-state index contributed by atoms with van der Waals surface area (Å²) in [6, 6.07) is 0. The molecule has 1 fully saturated rings. The van der Waals surface area contributed by atoms with E-state index >= 15 is 0 Å². The molecule has 1 aromatic rings. The number of nitrogens with one attached hydrogen (secondary N) is 1. The lowest BCUT2D eigenvalue weighted by atomic mass is 9.94. The summed E-state index contributed by atoms with van der Waals surface area (Å²) < 4.78 is 26.9. The number of rotatable bonds is 3. The number of aliphatic hydroxyl groups is 1. The van der Waals surface area contributed by atoms with Crippen molar-refractivity contribution in [3.8, 4) is 0 Å². The maximum absolute atomic E-state index is 12.7. The van der Waals surface area contributed by atoms with Crippen molar-refractivity contribution in [2.75, 3.05) is 13.1 Å². The predicted molar refractivity (Wildman–Crippen MR) is 71.0 cm³/mol. The number of aromatic nitrogens is 2. The highest BCUT2D eigenvalue weighted by Crippen LogP contribution is 2.29. The van der Waals surface area contributed by atoms with Gasteiger partial charge in [-0.3, -0.25) is 5.10 Å². The van der Waals surface area contributed by atoms with E-state index in [1.165, 1.54) is 4.31 Å². The minimum Gasteiger partial charge on any atom is -0.390 e. The highest BCUT2D eigenvalue weighted by atomic mass is 32.2. The number of H-pyrrole nitrogens is 1. The van der Waals surface area contributed by atoms with Crippen molar-refractivity contribution in [1.29, 1.82) is 0 Å². The van der Waals surface area contributed by atoms with E-state index in [0.29, 0.717) is 30.6 Å². The maximum atomic E-state index is 12.7. The fraction of sp³-hybridized carbons (Fsp3) is 0.750. The van der Waals surface area contributed by atoms with E-state index in [2.05, 4.69) is 24.0 Å². The quantitative estimate of drug-likeness (QED) is 0.864. The summed E-state index contributed by atoms with van der Waals surface area (Å²) in [6.45, 7) is 6.47. The van der Waals surface area contributed by atoms with Crippen molar-refractivity contribution in [2.24, 2.45) is 11.8 Å². The Morgan fingerprint density at radius 1 is 1.37 bits per heavy atom. The molecule has 0 bridgehead atoms. The normalized spacial score (nSPS) is 25.7. The molecule has 0 radical (unpaired) electrons. The van der Waals surface area contributed by atoms with Gasteiger partial charge in [-0.25, -0.2) is 8.42 Å². The molecule has 1 aliphatic heterocycles. The molecule has 0 saturated carbocycles. The molecule has 7 heteroatoms. The molecule has 1 aromatic heterocycles. The van der Waals surface area contributed by atoms with Crippen LogP contribution in [0.25, 0.3) is 0 Å². The van der Waals surface area contributed by atoms with E-state index in [4.69, 9.17) is 0 Å². The largest absolute Gasteiger partial charge is 0.390 e. The zero-order chi connectivity index (χ0) is 14.2. The van der Waals surface area contributed by atoms with Gasteiger partial charge in [0.25, 0.3) is 0 Å². The molecule has 1 saturated heterocycles. The standard InChI is InChI=1S/C12H21N3O3S/c1-8-4-9(2)6-15(5-8)19(17,18)12-10(3)13-14-11(12)7-16/h8-9,16H,4-7H2,1-3H3,(H,13,14). The second kappa shape index (κ2) is 5.22. The van der Waals surface area contributed by atoms with Crippen LogP contribution in [0.5, 0.6) is 0 Å². The van der Waals surface area contributed by atoms with Crippen LogP contribution in [0.3, 0.4) is 0 Å². The van der Waals surface area contributed by atoms with Crippen LogP contribution < -0.4 is 0 Å². The molecule has 2 N–H and O–H groups in total. The first-order chi connectivity index (χ1) is 8.86. The summed E-state index contributed by atoms with van der Waals surface area (Å²) in [4.78, 5) is 0.135. The minimum atomic E-state index is -3.58. The topological polar surface area (TPSA) is 86.3 Å². The molecule has 2 rings (SSSR count). The van der Waals surface area contributed by atoms with Gasteiger partial charge in [0.15, 0.2) is 0 Å². The second-order valence-corrected chi connectivity index (χ2v) is 7.43. The lowest BCUT2D eigenvalue weighted by Gasteiger charge is -2.34. The van der Waals surface area contributed by atoms with Gasteiger partial charge >= 0.3 is 0 Å². The third-order valence-corrected chi connectivity index (χ3v) is 5.58. The molecule has 2 unspecified atom stereocenters. The molecular formula is C12H21N3O3S. The third-order valence-electron chi connectivity index (χ3n) is 3.54. The number of aliphatic hydroxyl groups excluding tert-OH is 1. The average Bonchev–Trinajstić information content (AvgIpc) is 2.69. The lowest BCUT2D eigenvalue weighted by Crippen LogP contribution is -2.42. The Balaban J connectivity index is 2.39. The van der Waals surface area contributed by atoms with E-state index in [9.17, 15) is 13.5 Å². The minimum absolute atomic E-state index is 0.135. The molecule has 0 aromatic carbocycles. The van der Waals surface area contributed by atoms with Crippen LogP contribution >= 0.6 is 0 Å². The summed E-state index contributed by atoms with van der Waals surface area (Å²) in [7, 11) is -3.58. The van der Waals surface area contributed by atoms with E-state index in [-0.39, 0.29) is 17.2 Å². The Hall–Kier alpha value is -0.920. The smallest absolute Gasteiger partial charge is 0.246 e. The molecule has 6 nitrogen and oxygen atoms in total. The van der Waals surface area contributed by atoms with Gasteiger partial charge in [-0.05, 0) is 25.2 Å². The van der Waals surface area contributed by atoms with Gasteiger partial charge in [-0.15, -0.1) is 0 Å². The lowest BCUT2D eigenvalue weighted by molar-refractivity contribution is 0.221. The number of aromatic amines is 1. The molecule has 19 heavy (non-hydrogen) atoms. The summed E-state index contributed by atoms with van der Waals surface area (Å²) in [6.07, 6.45) is 1.04. The van der Waals surface area contributed by atoms with Crippen LogP contribution in [-0.2, 0) is 16.6 Å². The van der Waals surface area contributed by atoms with E-state index in [1.54, 1.807) is 6.92 Å². The van der Waals surface area contributed by atoms with Crippen LogP contribution in [0.15, 0.2) is 4.90 Å². The van der Waals surface area contributed by atoms with Crippen molar-refractivity contribution >= 4 is 10.0 Å². The summed E-state index contributed by atoms with van der Waals surface area (Å²) >= 11 is 0. The maximum Gasteiger partial charge on any atom is 0.246 e. The molecule has 0 aliphatic carbocycles. The molecule has 1 aliphatic rings. The van der Waals surface area contributed by atoms with Gasteiger partial charge in [0.2, 0.25) is 10.0 Å². The molecule has 0 spiro atoms. The first-order valence-corrected chi connectivity index (χ1v) is 7.95. The van der Waals surface area contributed by atoms with Crippen LogP contribution in [0.1, 0.15) is 31.7 Å². The van der Waals surface area contributed by atoms with Crippen LogP contribution in [0.4, 0.5) is 0 Å². The van der Waals surface area contributed by atoms with E-state index in [0.717, 1.165) is 6.42 Å². The zero-order valence-electron chi connectivity index (χ0n) is 11.5. The van der Waals surface area contributed by atoms with Crippen molar-refractivity contribution in [3.05, 3.63) is 11.4 Å². The second-order valence-electron chi connectivity index (χ2n) is 5.55.